The van der Waals surface area contributed by atoms with E-state index in [4.69, 9.17) is 21.1 Å². The zero-order valence-electron chi connectivity index (χ0n) is 10.6. The maximum atomic E-state index is 5.99. The second kappa shape index (κ2) is 4.59. The highest BCUT2D eigenvalue weighted by Gasteiger charge is 2.08. The summed E-state index contributed by atoms with van der Waals surface area (Å²) in [6.45, 7) is 0. The van der Waals surface area contributed by atoms with Crippen LogP contribution in [0.2, 0.25) is 5.02 Å². The molecule has 0 unspecified atom stereocenters. The van der Waals surface area contributed by atoms with E-state index in [0.717, 1.165) is 21.8 Å². The van der Waals surface area contributed by atoms with E-state index in [-0.39, 0.29) is 0 Å². The SMILES string of the molecule is COc1cc2cc3ccc(Cl)cc3nc2cc1OC. The summed E-state index contributed by atoms with van der Waals surface area (Å²) < 4.78 is 10.6. The number of nitrogens with zero attached hydrogens (tertiary/aromatic N) is 1. The molecule has 0 fully saturated rings. The van der Waals surface area contributed by atoms with Gasteiger partial charge in [-0.05, 0) is 24.3 Å². The predicted molar refractivity (Wildman–Crippen MR) is 77.4 cm³/mol. The number of aromatic nitrogens is 1. The van der Waals surface area contributed by atoms with Crippen molar-refractivity contribution in [1.29, 1.82) is 0 Å². The first-order chi connectivity index (χ1) is 9.21. The number of methoxy groups -OCH3 is 2. The summed E-state index contributed by atoms with van der Waals surface area (Å²) in [6.07, 6.45) is 0. The number of fused-ring (bicyclic) bond motifs is 2. The summed E-state index contributed by atoms with van der Waals surface area (Å²) >= 11 is 5.99. The van der Waals surface area contributed by atoms with Gasteiger partial charge in [0, 0.05) is 21.9 Å². The lowest BCUT2D eigenvalue weighted by atomic mass is 10.1. The number of rotatable bonds is 2. The molecule has 0 saturated carbocycles. The maximum absolute atomic E-state index is 5.99. The molecule has 2 aromatic carbocycles. The molecule has 0 N–H and O–H groups in total. The van der Waals surface area contributed by atoms with Crippen LogP contribution in [-0.4, -0.2) is 19.2 Å². The van der Waals surface area contributed by atoms with Gasteiger partial charge in [0.1, 0.15) is 0 Å². The lowest BCUT2D eigenvalue weighted by Gasteiger charge is -2.09. The van der Waals surface area contributed by atoms with Crippen LogP contribution in [0.5, 0.6) is 11.5 Å². The Balaban J connectivity index is 2.34. The Morgan fingerprint density at radius 1 is 0.842 bits per heavy atom. The quantitative estimate of drug-likeness (QED) is 0.660. The number of halogens is 1. The van der Waals surface area contributed by atoms with Gasteiger partial charge in [-0.3, -0.25) is 0 Å². The van der Waals surface area contributed by atoms with Gasteiger partial charge in [0.05, 0.1) is 25.3 Å². The topological polar surface area (TPSA) is 31.4 Å². The lowest BCUT2D eigenvalue weighted by Crippen LogP contribution is -1.91. The van der Waals surface area contributed by atoms with Gasteiger partial charge in [0.15, 0.2) is 11.5 Å². The van der Waals surface area contributed by atoms with Gasteiger partial charge >= 0.3 is 0 Å². The Hall–Kier alpha value is -2.00. The van der Waals surface area contributed by atoms with Gasteiger partial charge < -0.3 is 9.47 Å². The molecule has 0 spiro atoms. The molecule has 4 heteroatoms. The third kappa shape index (κ3) is 2.06. The van der Waals surface area contributed by atoms with Crippen molar-refractivity contribution in [2.45, 2.75) is 0 Å². The fourth-order valence-corrected chi connectivity index (χ4v) is 2.30. The minimum Gasteiger partial charge on any atom is -0.493 e. The largest absolute Gasteiger partial charge is 0.493 e. The third-order valence-electron chi connectivity index (χ3n) is 3.08. The summed E-state index contributed by atoms with van der Waals surface area (Å²) in [7, 11) is 3.24. The van der Waals surface area contributed by atoms with Gasteiger partial charge in [-0.25, -0.2) is 4.98 Å². The monoisotopic (exact) mass is 273 g/mol. The third-order valence-corrected chi connectivity index (χ3v) is 3.31. The molecule has 0 atom stereocenters. The van der Waals surface area contributed by atoms with Crippen LogP contribution in [0.25, 0.3) is 21.8 Å². The van der Waals surface area contributed by atoms with Gasteiger partial charge in [-0.1, -0.05) is 17.7 Å². The molecule has 0 aliphatic rings. The number of hydrogen-bond acceptors (Lipinski definition) is 3. The van der Waals surface area contributed by atoms with Gasteiger partial charge in [-0.15, -0.1) is 0 Å². The van der Waals surface area contributed by atoms with Gasteiger partial charge in [-0.2, -0.15) is 0 Å². The van der Waals surface area contributed by atoms with Crippen LogP contribution in [0.1, 0.15) is 0 Å². The molecule has 3 rings (SSSR count). The molecule has 0 aliphatic carbocycles. The average Bonchev–Trinajstić information content (AvgIpc) is 2.43. The van der Waals surface area contributed by atoms with E-state index in [0.29, 0.717) is 16.5 Å². The Labute approximate surface area is 115 Å². The highest BCUT2D eigenvalue weighted by atomic mass is 35.5. The molecule has 0 radical (unpaired) electrons. The van der Waals surface area contributed by atoms with E-state index in [9.17, 15) is 0 Å². The Morgan fingerprint density at radius 3 is 2.26 bits per heavy atom. The first-order valence-corrected chi connectivity index (χ1v) is 6.21. The smallest absolute Gasteiger partial charge is 0.162 e. The van der Waals surface area contributed by atoms with Crippen molar-refractivity contribution in [3.8, 4) is 11.5 Å². The average molecular weight is 274 g/mol. The fourth-order valence-electron chi connectivity index (χ4n) is 2.13. The molecule has 0 amide bonds. The number of pyridine rings is 1. The van der Waals surface area contributed by atoms with Crippen molar-refractivity contribution in [1.82, 2.24) is 4.98 Å². The minimum absolute atomic E-state index is 0.670. The van der Waals surface area contributed by atoms with Crippen LogP contribution < -0.4 is 9.47 Å². The van der Waals surface area contributed by atoms with Crippen LogP contribution in [0.15, 0.2) is 36.4 Å². The predicted octanol–water partition coefficient (Wildman–Crippen LogP) is 4.06. The van der Waals surface area contributed by atoms with Gasteiger partial charge in [0.25, 0.3) is 0 Å². The fraction of sp³-hybridized carbons (Fsp3) is 0.133. The standard InChI is InChI=1S/C15H12ClNO2/c1-18-14-6-10-5-9-3-4-11(16)7-12(9)17-13(10)8-15(14)19-2/h3-8H,1-2H3. The molecular formula is C15H12ClNO2. The molecule has 3 aromatic rings. The van der Waals surface area contributed by atoms with Crippen molar-refractivity contribution in [3.63, 3.8) is 0 Å². The number of ether oxygens (including phenoxy) is 2. The molecule has 3 nitrogen and oxygen atoms in total. The van der Waals surface area contributed by atoms with E-state index in [1.807, 2.05) is 30.3 Å². The highest BCUT2D eigenvalue weighted by molar-refractivity contribution is 6.31. The summed E-state index contributed by atoms with van der Waals surface area (Å²) in [5.41, 5.74) is 1.72. The second-order valence-electron chi connectivity index (χ2n) is 4.23. The van der Waals surface area contributed by atoms with E-state index in [1.165, 1.54) is 0 Å². The highest BCUT2D eigenvalue weighted by Crippen LogP contribution is 2.33. The molecule has 1 heterocycles. The van der Waals surface area contributed by atoms with Crippen LogP contribution >= 0.6 is 11.6 Å². The summed E-state index contributed by atoms with van der Waals surface area (Å²) in [6, 6.07) is 11.5. The molecule has 1 aromatic heterocycles. The van der Waals surface area contributed by atoms with Crippen LogP contribution in [-0.2, 0) is 0 Å². The van der Waals surface area contributed by atoms with Crippen molar-refractivity contribution < 1.29 is 9.47 Å². The van der Waals surface area contributed by atoms with E-state index in [1.54, 1.807) is 14.2 Å². The molecule has 96 valence electrons. The molecular weight excluding hydrogens is 262 g/mol. The van der Waals surface area contributed by atoms with Crippen molar-refractivity contribution in [3.05, 3.63) is 41.4 Å². The van der Waals surface area contributed by atoms with Crippen LogP contribution in [0, 0.1) is 0 Å². The first kappa shape index (κ1) is 12.1. The molecule has 19 heavy (non-hydrogen) atoms. The molecule has 0 saturated heterocycles. The zero-order chi connectivity index (χ0) is 13.4. The summed E-state index contributed by atoms with van der Waals surface area (Å²) in [5.74, 6) is 1.37. The van der Waals surface area contributed by atoms with Crippen molar-refractivity contribution in [2.24, 2.45) is 0 Å². The van der Waals surface area contributed by atoms with Crippen LogP contribution in [0.3, 0.4) is 0 Å². The van der Waals surface area contributed by atoms with E-state index in [2.05, 4.69) is 11.1 Å². The van der Waals surface area contributed by atoms with Crippen molar-refractivity contribution in [2.75, 3.05) is 14.2 Å². The van der Waals surface area contributed by atoms with Gasteiger partial charge in [0.2, 0.25) is 0 Å². The normalized spacial score (nSPS) is 10.9. The van der Waals surface area contributed by atoms with E-state index >= 15 is 0 Å². The molecule has 0 aliphatic heterocycles. The Morgan fingerprint density at radius 2 is 1.53 bits per heavy atom. The first-order valence-electron chi connectivity index (χ1n) is 5.83. The Kier molecular flexibility index (Phi) is 2.91. The molecule has 0 bridgehead atoms. The summed E-state index contributed by atoms with van der Waals surface area (Å²) in [4.78, 5) is 4.60. The number of benzene rings is 2. The maximum Gasteiger partial charge on any atom is 0.162 e. The number of hydrogen-bond donors (Lipinski definition) is 0. The summed E-state index contributed by atoms with van der Waals surface area (Å²) in [5, 5.41) is 2.73. The van der Waals surface area contributed by atoms with E-state index < -0.39 is 0 Å². The Bertz CT molecular complexity index is 771. The van der Waals surface area contributed by atoms with Crippen molar-refractivity contribution >= 4 is 33.4 Å². The lowest BCUT2D eigenvalue weighted by molar-refractivity contribution is 0.356. The second-order valence-corrected chi connectivity index (χ2v) is 4.66. The minimum atomic E-state index is 0.670. The zero-order valence-corrected chi connectivity index (χ0v) is 11.4. The van der Waals surface area contributed by atoms with Crippen LogP contribution in [0.4, 0.5) is 0 Å².